The third-order valence-corrected chi connectivity index (χ3v) is 7.08. The predicted molar refractivity (Wildman–Crippen MR) is 133 cm³/mol. The second-order valence-electron chi connectivity index (χ2n) is 11.5. The van der Waals surface area contributed by atoms with Crippen molar-refractivity contribution >= 4 is 11.3 Å². The molecule has 0 aromatic carbocycles. The molecular formula is C27H37N5O2. The van der Waals surface area contributed by atoms with Gasteiger partial charge in [-0.3, -0.25) is 4.98 Å². The molecule has 7 heteroatoms. The average molecular weight is 464 g/mol. The van der Waals surface area contributed by atoms with E-state index in [1.807, 2.05) is 6.92 Å². The molecule has 0 amide bonds. The van der Waals surface area contributed by atoms with E-state index >= 15 is 0 Å². The third kappa shape index (κ3) is 5.51. The van der Waals surface area contributed by atoms with Gasteiger partial charge in [0.2, 0.25) is 0 Å². The largest absolute Gasteiger partial charge is 0.393 e. The average Bonchev–Trinajstić information content (AvgIpc) is 3.24. The molecule has 0 spiro atoms. The standard InChI is InChI=1S/C27H37N5O2/c1-25(2)10-8-18(9-11-25)24-22(29-16-23-30-15-20(14-28)31-23)7-6-21(32-24)19-12-26(3,4)34-27(5,13-19)17-33/h6-8,15,19,29,33H,9-13,16-17H2,1-5H3,(H,30,31). The number of imidazole rings is 1. The van der Waals surface area contributed by atoms with Crippen LogP contribution in [0.25, 0.3) is 5.57 Å². The fraction of sp³-hybridized carbons (Fsp3) is 0.593. The molecule has 2 aromatic rings. The Morgan fingerprint density at radius 3 is 2.68 bits per heavy atom. The van der Waals surface area contributed by atoms with Gasteiger partial charge in [0.25, 0.3) is 0 Å². The number of nitriles is 1. The summed E-state index contributed by atoms with van der Waals surface area (Å²) in [4.78, 5) is 12.5. The van der Waals surface area contributed by atoms with Gasteiger partial charge in [-0.1, -0.05) is 19.9 Å². The van der Waals surface area contributed by atoms with Crippen molar-refractivity contribution < 1.29 is 9.84 Å². The minimum Gasteiger partial charge on any atom is -0.393 e. The minimum absolute atomic E-state index is 0.00645. The van der Waals surface area contributed by atoms with Crippen molar-refractivity contribution in [3.63, 3.8) is 0 Å². The molecular weight excluding hydrogens is 426 g/mol. The van der Waals surface area contributed by atoms with E-state index in [4.69, 9.17) is 15.0 Å². The second kappa shape index (κ2) is 9.16. The zero-order valence-electron chi connectivity index (χ0n) is 21.0. The molecule has 182 valence electrons. The van der Waals surface area contributed by atoms with E-state index in [0.29, 0.717) is 17.7 Å². The van der Waals surface area contributed by atoms with E-state index < -0.39 is 5.60 Å². The molecule has 0 saturated carbocycles. The molecule has 0 radical (unpaired) electrons. The quantitative estimate of drug-likeness (QED) is 0.536. The molecule has 2 aliphatic rings. The molecule has 1 aliphatic heterocycles. The van der Waals surface area contributed by atoms with E-state index in [-0.39, 0.29) is 18.1 Å². The first-order valence-corrected chi connectivity index (χ1v) is 12.2. The summed E-state index contributed by atoms with van der Waals surface area (Å²) in [5.74, 6) is 0.924. The van der Waals surface area contributed by atoms with Gasteiger partial charge in [0.15, 0.2) is 0 Å². The maximum atomic E-state index is 10.0. The first kappa shape index (κ1) is 24.4. The molecule has 0 bridgehead atoms. The van der Waals surface area contributed by atoms with Crippen LogP contribution in [0.3, 0.4) is 0 Å². The Morgan fingerprint density at radius 2 is 2.03 bits per heavy atom. The van der Waals surface area contributed by atoms with Crippen LogP contribution in [0.4, 0.5) is 5.69 Å². The van der Waals surface area contributed by atoms with Crippen LogP contribution >= 0.6 is 0 Å². The maximum absolute atomic E-state index is 10.0. The molecule has 1 aliphatic carbocycles. The summed E-state index contributed by atoms with van der Waals surface area (Å²) in [5, 5.41) is 22.5. The van der Waals surface area contributed by atoms with Crippen molar-refractivity contribution in [2.75, 3.05) is 11.9 Å². The van der Waals surface area contributed by atoms with Crippen LogP contribution in [0.15, 0.2) is 24.4 Å². The van der Waals surface area contributed by atoms with E-state index in [1.165, 1.54) is 5.57 Å². The first-order chi connectivity index (χ1) is 16.0. The lowest BCUT2D eigenvalue weighted by molar-refractivity contribution is -0.187. The van der Waals surface area contributed by atoms with Gasteiger partial charge in [-0.25, -0.2) is 4.98 Å². The highest BCUT2D eigenvalue weighted by Crippen LogP contribution is 2.44. The Hall–Kier alpha value is -2.69. The number of aromatic amines is 1. The number of rotatable bonds is 6. The zero-order valence-corrected chi connectivity index (χ0v) is 21.0. The molecule has 3 N–H and O–H groups in total. The van der Waals surface area contributed by atoms with Gasteiger partial charge < -0.3 is 20.1 Å². The molecule has 2 aromatic heterocycles. The number of nitrogens with one attached hydrogen (secondary N) is 2. The highest BCUT2D eigenvalue weighted by molar-refractivity contribution is 5.74. The number of ether oxygens (including phenoxy) is 1. The number of aliphatic hydroxyl groups is 1. The van der Waals surface area contributed by atoms with Crippen LogP contribution in [0.1, 0.15) is 95.5 Å². The SMILES string of the molecule is CC1(C)CC=C(c2nc(C3CC(C)(C)OC(C)(CO)C3)ccc2NCc2ncc(C#N)[nH]2)CC1. The van der Waals surface area contributed by atoms with Crippen LogP contribution in [-0.4, -0.2) is 37.9 Å². The van der Waals surface area contributed by atoms with Crippen molar-refractivity contribution in [3.8, 4) is 6.07 Å². The predicted octanol–water partition coefficient (Wildman–Crippen LogP) is 5.31. The van der Waals surface area contributed by atoms with Gasteiger partial charge in [0.05, 0.1) is 41.9 Å². The number of hydrogen-bond acceptors (Lipinski definition) is 6. The third-order valence-electron chi connectivity index (χ3n) is 7.08. The number of hydrogen-bond donors (Lipinski definition) is 3. The van der Waals surface area contributed by atoms with Gasteiger partial charge in [-0.2, -0.15) is 5.26 Å². The summed E-state index contributed by atoms with van der Waals surface area (Å²) in [6, 6.07) is 6.30. The number of aliphatic hydroxyl groups excluding tert-OH is 1. The first-order valence-electron chi connectivity index (χ1n) is 12.2. The van der Waals surface area contributed by atoms with E-state index in [2.05, 4.69) is 67.3 Å². The van der Waals surface area contributed by atoms with Crippen molar-refractivity contribution in [1.29, 1.82) is 5.26 Å². The summed E-state index contributed by atoms with van der Waals surface area (Å²) < 4.78 is 6.22. The van der Waals surface area contributed by atoms with Crippen LogP contribution in [0, 0.1) is 16.7 Å². The lowest BCUT2D eigenvalue weighted by Crippen LogP contribution is -2.48. The Bertz CT molecular complexity index is 1110. The number of H-pyrrole nitrogens is 1. The van der Waals surface area contributed by atoms with Crippen molar-refractivity contribution in [2.24, 2.45) is 5.41 Å². The highest BCUT2D eigenvalue weighted by Gasteiger charge is 2.43. The molecule has 2 unspecified atom stereocenters. The molecule has 3 heterocycles. The van der Waals surface area contributed by atoms with Crippen LogP contribution in [0.5, 0.6) is 0 Å². The zero-order chi connectivity index (χ0) is 24.6. The maximum Gasteiger partial charge on any atom is 0.137 e. The fourth-order valence-electron chi connectivity index (χ4n) is 5.31. The Balaban J connectivity index is 1.66. The normalized spacial score (nSPS) is 25.9. The van der Waals surface area contributed by atoms with Gasteiger partial charge in [0.1, 0.15) is 17.6 Å². The molecule has 1 saturated heterocycles. The molecule has 34 heavy (non-hydrogen) atoms. The van der Waals surface area contributed by atoms with Gasteiger partial charge in [-0.05, 0) is 76.0 Å². The summed E-state index contributed by atoms with van der Waals surface area (Å²) in [6.07, 6.45) is 8.64. The van der Waals surface area contributed by atoms with E-state index in [0.717, 1.165) is 55.0 Å². The number of allylic oxidation sites excluding steroid dienone is 2. The number of anilines is 1. The van der Waals surface area contributed by atoms with Crippen LogP contribution in [-0.2, 0) is 11.3 Å². The summed E-state index contributed by atoms with van der Waals surface area (Å²) >= 11 is 0. The lowest BCUT2D eigenvalue weighted by Gasteiger charge is -2.46. The monoisotopic (exact) mass is 463 g/mol. The molecule has 7 nitrogen and oxygen atoms in total. The van der Waals surface area contributed by atoms with Gasteiger partial charge >= 0.3 is 0 Å². The van der Waals surface area contributed by atoms with Crippen LogP contribution in [0.2, 0.25) is 0 Å². The summed E-state index contributed by atoms with van der Waals surface area (Å²) in [7, 11) is 0. The smallest absolute Gasteiger partial charge is 0.137 e. The molecule has 4 rings (SSSR count). The van der Waals surface area contributed by atoms with Crippen molar-refractivity contribution in [3.05, 3.63) is 47.3 Å². The number of nitrogens with zero attached hydrogens (tertiary/aromatic N) is 3. The topological polar surface area (TPSA) is 107 Å². The Labute approximate surface area is 202 Å². The number of aromatic nitrogens is 3. The van der Waals surface area contributed by atoms with Crippen molar-refractivity contribution in [1.82, 2.24) is 15.0 Å². The lowest BCUT2D eigenvalue weighted by atomic mass is 9.77. The van der Waals surface area contributed by atoms with E-state index in [1.54, 1.807) is 6.20 Å². The second-order valence-corrected chi connectivity index (χ2v) is 11.5. The van der Waals surface area contributed by atoms with Gasteiger partial charge in [-0.15, -0.1) is 0 Å². The number of pyridine rings is 1. The summed E-state index contributed by atoms with van der Waals surface area (Å²) in [5.41, 5.74) is 4.16. The Kier molecular flexibility index (Phi) is 6.58. The Morgan fingerprint density at radius 1 is 1.24 bits per heavy atom. The molecule has 1 fully saturated rings. The van der Waals surface area contributed by atoms with Gasteiger partial charge in [0, 0.05) is 11.6 Å². The summed E-state index contributed by atoms with van der Waals surface area (Å²) in [6.45, 7) is 11.3. The highest BCUT2D eigenvalue weighted by atomic mass is 16.5. The molecule has 2 atom stereocenters. The van der Waals surface area contributed by atoms with Crippen LogP contribution < -0.4 is 5.32 Å². The fourth-order valence-corrected chi connectivity index (χ4v) is 5.31. The minimum atomic E-state index is -0.572. The van der Waals surface area contributed by atoms with Crippen molar-refractivity contribution in [2.45, 2.75) is 90.4 Å². The van der Waals surface area contributed by atoms with E-state index in [9.17, 15) is 5.11 Å².